The topological polar surface area (TPSA) is 114 Å². The Labute approximate surface area is 557 Å². The summed E-state index contributed by atoms with van der Waals surface area (Å²) >= 11 is 0. The van der Waals surface area contributed by atoms with Crippen LogP contribution in [-0.4, -0.2) is 69.4 Å². The van der Waals surface area contributed by atoms with Crippen molar-refractivity contribution in [2.45, 2.75) is 348 Å². The number of carbonyl (C=O) groups is 2. The van der Waals surface area contributed by atoms with E-state index < -0.39 is 26.6 Å². The van der Waals surface area contributed by atoms with Gasteiger partial charge in [-0.3, -0.25) is 14.2 Å². The van der Waals surface area contributed by atoms with Gasteiger partial charge in [0.2, 0.25) is 5.91 Å². The zero-order valence-electron chi connectivity index (χ0n) is 59.6. The highest BCUT2D eigenvalue weighted by Gasteiger charge is 2.27. The molecule has 0 spiro atoms. The van der Waals surface area contributed by atoms with Crippen LogP contribution in [0.15, 0.2) is 109 Å². The zero-order chi connectivity index (χ0) is 65.6. The molecule has 0 fully saturated rings. The van der Waals surface area contributed by atoms with Gasteiger partial charge in [-0.2, -0.15) is 0 Å². The van der Waals surface area contributed by atoms with Crippen molar-refractivity contribution in [3.8, 4) is 0 Å². The maximum atomic E-state index is 13.6. The lowest BCUT2D eigenvalue weighted by Crippen LogP contribution is -2.47. The molecule has 0 aliphatic carbocycles. The van der Waals surface area contributed by atoms with Gasteiger partial charge in [0.05, 0.1) is 33.8 Å². The van der Waals surface area contributed by atoms with Crippen LogP contribution in [-0.2, 0) is 27.9 Å². The van der Waals surface area contributed by atoms with Crippen LogP contribution in [0.4, 0.5) is 0 Å². The first kappa shape index (κ1) is 86.7. The number of quaternary nitrogens is 1. The van der Waals surface area contributed by atoms with Crippen molar-refractivity contribution in [1.82, 2.24) is 5.32 Å². The average molecular weight is 1280 g/mol. The number of hydrogen-bond acceptors (Lipinski definition) is 7. The third-order valence-electron chi connectivity index (χ3n) is 16.4. The molecule has 10 heteroatoms. The summed E-state index contributed by atoms with van der Waals surface area (Å²) in [6, 6.07) is -0.901. The van der Waals surface area contributed by atoms with Crippen molar-refractivity contribution in [2.75, 3.05) is 40.9 Å². The number of phosphoric acid groups is 1. The third kappa shape index (κ3) is 69.0. The summed E-state index contributed by atoms with van der Waals surface area (Å²) < 4.78 is 30.5. The van der Waals surface area contributed by atoms with Gasteiger partial charge >= 0.3 is 5.97 Å². The lowest BCUT2D eigenvalue weighted by Gasteiger charge is -2.30. The second kappa shape index (κ2) is 68.5. The quantitative estimate of drug-likeness (QED) is 0.0212. The van der Waals surface area contributed by atoms with Crippen LogP contribution < -0.4 is 10.2 Å². The molecular formula is C80H143N2O7P. The molecule has 0 bridgehead atoms. The van der Waals surface area contributed by atoms with Gasteiger partial charge in [0, 0.05) is 12.8 Å². The fourth-order valence-corrected chi connectivity index (χ4v) is 11.3. The number of nitrogens with zero attached hydrogens (tertiary/aromatic N) is 1. The first-order chi connectivity index (χ1) is 43.9. The number of allylic oxidation sites excluding steroid dienone is 17. The Morgan fingerprint density at radius 2 is 0.678 bits per heavy atom. The van der Waals surface area contributed by atoms with Crippen LogP contribution in [0, 0.1) is 0 Å². The van der Waals surface area contributed by atoms with Gasteiger partial charge in [-0.05, 0) is 122 Å². The predicted molar refractivity (Wildman–Crippen MR) is 390 cm³/mol. The number of likely N-dealkylation sites (N-methyl/N-ethyl adjacent to an activating group) is 1. The minimum absolute atomic E-state index is 0.0283. The lowest BCUT2D eigenvalue weighted by atomic mass is 10.0. The Hall–Kier alpha value is -3.33. The number of carbonyl (C=O) groups excluding carboxylic acids is 2. The molecule has 0 aromatic carbocycles. The van der Waals surface area contributed by atoms with Gasteiger partial charge in [-0.15, -0.1) is 0 Å². The van der Waals surface area contributed by atoms with Gasteiger partial charge in [-0.25, -0.2) is 0 Å². The number of amides is 1. The average Bonchev–Trinajstić information content (AvgIpc) is 3.12. The number of rotatable bonds is 68. The molecule has 0 aliphatic rings. The Morgan fingerprint density at radius 1 is 0.389 bits per heavy atom. The first-order valence-electron chi connectivity index (χ1n) is 37.7. The van der Waals surface area contributed by atoms with Crippen LogP contribution in [0.5, 0.6) is 0 Å². The molecule has 0 heterocycles. The second-order valence-corrected chi connectivity index (χ2v) is 27.9. The van der Waals surface area contributed by atoms with Gasteiger partial charge in [0.25, 0.3) is 7.82 Å². The predicted octanol–water partition coefficient (Wildman–Crippen LogP) is 23.8. The highest BCUT2D eigenvalue weighted by Crippen LogP contribution is 2.38. The smallest absolute Gasteiger partial charge is 0.306 e. The molecule has 0 aromatic rings. The molecule has 0 saturated heterocycles. The summed E-state index contributed by atoms with van der Waals surface area (Å²) in [7, 11) is 1.17. The molecule has 3 atom stereocenters. The van der Waals surface area contributed by atoms with E-state index in [0.717, 1.165) is 116 Å². The Kier molecular flexibility index (Phi) is 66.0. The minimum Gasteiger partial charge on any atom is -0.756 e. The number of esters is 1. The van der Waals surface area contributed by atoms with Crippen molar-refractivity contribution in [3.05, 3.63) is 109 Å². The van der Waals surface area contributed by atoms with Crippen LogP contribution in [0.3, 0.4) is 0 Å². The normalized spacial score (nSPS) is 14.1. The Morgan fingerprint density at radius 3 is 1.03 bits per heavy atom. The summed E-state index contributed by atoms with van der Waals surface area (Å²) in [6.45, 7) is 6.80. The van der Waals surface area contributed by atoms with Crippen LogP contribution in [0.2, 0.25) is 0 Å². The first-order valence-corrected chi connectivity index (χ1v) is 39.2. The van der Waals surface area contributed by atoms with E-state index in [1.165, 1.54) is 186 Å². The largest absolute Gasteiger partial charge is 0.756 e. The van der Waals surface area contributed by atoms with E-state index in [2.05, 4.69) is 123 Å². The van der Waals surface area contributed by atoms with Gasteiger partial charge in [0.15, 0.2) is 0 Å². The molecule has 9 nitrogen and oxygen atoms in total. The summed E-state index contributed by atoms with van der Waals surface area (Å²) in [5.41, 5.74) is 0. The molecule has 0 saturated carbocycles. The van der Waals surface area contributed by atoms with E-state index in [9.17, 15) is 19.0 Å². The highest BCUT2D eigenvalue weighted by molar-refractivity contribution is 7.45. The van der Waals surface area contributed by atoms with E-state index in [1.807, 2.05) is 33.3 Å². The van der Waals surface area contributed by atoms with Crippen molar-refractivity contribution in [3.63, 3.8) is 0 Å². The fraction of sp³-hybridized carbons (Fsp3) is 0.750. The van der Waals surface area contributed by atoms with E-state index in [0.29, 0.717) is 17.4 Å². The minimum atomic E-state index is -4.72. The monoisotopic (exact) mass is 1280 g/mol. The number of phosphoric ester groups is 1. The van der Waals surface area contributed by atoms with E-state index in [4.69, 9.17) is 13.8 Å². The van der Waals surface area contributed by atoms with Crippen molar-refractivity contribution >= 4 is 19.7 Å². The summed E-state index contributed by atoms with van der Waals surface area (Å²) in [6.07, 6.45) is 95.0. The molecule has 0 aromatic heterocycles. The molecule has 520 valence electrons. The van der Waals surface area contributed by atoms with E-state index in [1.54, 1.807) is 0 Å². The van der Waals surface area contributed by atoms with Crippen molar-refractivity contribution in [2.24, 2.45) is 0 Å². The van der Waals surface area contributed by atoms with Crippen molar-refractivity contribution in [1.29, 1.82) is 0 Å². The Bertz CT molecular complexity index is 1910. The number of nitrogens with one attached hydrogen (secondary N) is 1. The van der Waals surface area contributed by atoms with Gasteiger partial charge < -0.3 is 28.5 Å². The van der Waals surface area contributed by atoms with Gasteiger partial charge in [-0.1, -0.05) is 310 Å². The lowest BCUT2D eigenvalue weighted by molar-refractivity contribution is -0.870. The third-order valence-corrected chi connectivity index (χ3v) is 17.4. The number of ether oxygens (including phenoxy) is 1. The SMILES string of the molecule is CCCCC/C=C\C/C=C\C/C=C\C/C=C\CCCCCCCCCCCCCC(=O)OC(/C=C/CCCCCCCCCCCC)C(COP(=O)([O-])OCC[N+](C)(C)C)NC(=O)CCCCCCCCCCC/C=C\C/C=C\C/C=C\C/C=C\CCCCC. The molecular weight excluding hydrogens is 1130 g/mol. The number of unbranched alkanes of at least 4 members (excludes halogenated alkanes) is 36. The van der Waals surface area contributed by atoms with Crippen LogP contribution in [0.25, 0.3) is 0 Å². The summed E-state index contributed by atoms with van der Waals surface area (Å²) in [4.78, 5) is 40.3. The molecule has 0 rings (SSSR count). The maximum absolute atomic E-state index is 13.6. The molecule has 90 heavy (non-hydrogen) atoms. The standard InChI is InChI=1S/C80H143N2O7P/c1-7-10-13-16-19-22-25-28-30-32-34-36-38-40-41-43-45-47-49-51-53-55-58-61-64-67-70-73-80(84)89-78(71-68-65-62-59-56-27-24-21-18-15-12-9-3)77(76-88-90(85,86)87-75-74-82(4,5)6)81-79(83)72-69-66-63-60-57-54-52-50-48-46-44-42-39-37-35-33-31-29-26-23-20-17-14-11-8-2/h19-20,22-23,28-31,34-37,40-42,44,68,71,77-78H,7-18,21,24-27,32-33,38-39,43,45-67,69-70,72-76H2,1-6H3,(H-,81,83,85,86)/b22-19-,23-20-,30-28-,31-29-,36-34-,37-35-,41-40-,44-42-,71-68+. The van der Waals surface area contributed by atoms with E-state index >= 15 is 0 Å². The summed E-state index contributed by atoms with van der Waals surface area (Å²) in [5, 5.41) is 3.04. The molecule has 1 N–H and O–H groups in total. The van der Waals surface area contributed by atoms with Crippen LogP contribution >= 0.6 is 7.82 Å². The molecule has 0 radical (unpaired) electrons. The fourth-order valence-electron chi connectivity index (χ4n) is 10.6. The van der Waals surface area contributed by atoms with E-state index in [-0.39, 0.29) is 24.9 Å². The van der Waals surface area contributed by atoms with Crippen LogP contribution in [0.1, 0.15) is 335 Å². The number of hydrogen-bond donors (Lipinski definition) is 1. The Balaban J connectivity index is 5.03. The molecule has 1 amide bonds. The van der Waals surface area contributed by atoms with Crippen molar-refractivity contribution < 1.29 is 37.3 Å². The molecule has 0 aliphatic heterocycles. The summed E-state index contributed by atoms with van der Waals surface area (Å²) in [5.74, 6) is -0.548. The zero-order valence-corrected chi connectivity index (χ0v) is 60.5. The second-order valence-electron chi connectivity index (χ2n) is 26.4. The molecule has 3 unspecified atom stereocenters. The van der Waals surface area contributed by atoms with Gasteiger partial charge in [0.1, 0.15) is 19.3 Å². The maximum Gasteiger partial charge on any atom is 0.306 e. The highest BCUT2D eigenvalue weighted by atomic mass is 31.2.